The van der Waals surface area contributed by atoms with Crippen LogP contribution in [-0.4, -0.2) is 57.3 Å². The molecule has 7 atom stereocenters. The van der Waals surface area contributed by atoms with Crippen molar-refractivity contribution in [3.63, 3.8) is 0 Å². The fourth-order valence-corrected chi connectivity index (χ4v) is 9.27. The van der Waals surface area contributed by atoms with Crippen LogP contribution in [0.2, 0.25) is 0 Å². The summed E-state index contributed by atoms with van der Waals surface area (Å²) in [5.41, 5.74) is 9.38. The predicted octanol–water partition coefficient (Wildman–Crippen LogP) is 5.31. The summed E-state index contributed by atoms with van der Waals surface area (Å²) in [6, 6.07) is 8.74. The van der Waals surface area contributed by atoms with E-state index in [-0.39, 0.29) is 28.8 Å². The van der Waals surface area contributed by atoms with Crippen LogP contribution in [0.1, 0.15) is 57.4 Å². The first-order chi connectivity index (χ1) is 17.1. The van der Waals surface area contributed by atoms with E-state index in [4.69, 9.17) is 22.1 Å². The molecule has 2 bridgehead atoms. The van der Waals surface area contributed by atoms with Crippen LogP contribution in [0, 0.1) is 11.3 Å². The van der Waals surface area contributed by atoms with Crippen LogP contribution in [-0.2, 0) is 4.74 Å². The monoisotopic (exact) mass is 505 g/mol. The molecule has 5 nitrogen and oxygen atoms in total. The highest BCUT2D eigenvalue weighted by atomic mass is 35.5. The molecule has 5 aliphatic rings. The first-order valence-electron chi connectivity index (χ1n) is 13.4. The molecule has 0 radical (unpaired) electrons. The van der Waals surface area contributed by atoms with Gasteiger partial charge in [-0.05, 0) is 98.7 Å². The highest BCUT2D eigenvalue weighted by Gasteiger charge is 2.72. The van der Waals surface area contributed by atoms with Gasteiger partial charge >= 0.3 is 0 Å². The number of halogens is 1. The fourth-order valence-electron chi connectivity index (χ4n) is 8.78. The Balaban J connectivity index is 1.28. The summed E-state index contributed by atoms with van der Waals surface area (Å²) in [5.74, 6) is 0.904. The number of nitrogens with zero attached hydrogens (tertiary/aromatic N) is 2. The minimum absolute atomic E-state index is 0.00333. The number of rotatable bonds is 2. The number of pyridine rings is 1. The average Bonchev–Trinajstić information content (AvgIpc) is 3.37. The van der Waals surface area contributed by atoms with Crippen LogP contribution >= 0.6 is 11.6 Å². The lowest BCUT2D eigenvalue weighted by atomic mass is 9.54. The zero-order chi connectivity index (χ0) is 25.1. The molecule has 36 heavy (non-hydrogen) atoms. The van der Waals surface area contributed by atoms with E-state index in [0.717, 1.165) is 49.3 Å². The number of alkyl halides is 1. The zero-order valence-corrected chi connectivity index (χ0v) is 22.2. The number of aromatic nitrogens is 1. The number of aliphatic hydroxyl groups is 1. The summed E-state index contributed by atoms with van der Waals surface area (Å²) in [5, 5.41) is 13.1. The molecule has 0 amide bonds. The maximum absolute atomic E-state index is 10.9. The van der Waals surface area contributed by atoms with Crippen molar-refractivity contribution < 1.29 is 9.84 Å². The topological polar surface area (TPSA) is 71.6 Å². The highest BCUT2D eigenvalue weighted by molar-refractivity contribution is 6.26. The van der Waals surface area contributed by atoms with Crippen LogP contribution in [0.3, 0.4) is 0 Å². The largest absolute Gasteiger partial charge is 0.391 e. The number of aliphatic hydroxyl groups excluding tert-OH is 1. The van der Waals surface area contributed by atoms with Gasteiger partial charge in [-0.25, -0.2) is 4.98 Å². The lowest BCUT2D eigenvalue weighted by Gasteiger charge is -2.61. The quantitative estimate of drug-likeness (QED) is 0.427. The second-order valence-electron chi connectivity index (χ2n) is 12.5. The number of allylic oxidation sites excluding steroid dienone is 2. The Bertz CT molecular complexity index is 1340. The summed E-state index contributed by atoms with van der Waals surface area (Å²) >= 11 is 7.60. The Kier molecular flexibility index (Phi) is 4.74. The third kappa shape index (κ3) is 2.81. The smallest absolute Gasteiger partial charge is 0.131 e. The number of nitrogens with two attached hydrogens (primary N) is 1. The third-order valence-corrected chi connectivity index (χ3v) is 11.3. The predicted molar refractivity (Wildman–Crippen MR) is 145 cm³/mol. The molecular weight excluding hydrogens is 470 g/mol. The van der Waals surface area contributed by atoms with E-state index in [0.29, 0.717) is 18.2 Å². The molecule has 190 valence electrons. The van der Waals surface area contributed by atoms with Crippen LogP contribution < -0.4 is 5.73 Å². The van der Waals surface area contributed by atoms with Gasteiger partial charge in [-0.1, -0.05) is 31.2 Å². The summed E-state index contributed by atoms with van der Waals surface area (Å²) in [7, 11) is 4.13. The SMILES string of the molecule is CN(C)[C@H]1C[C@@]23CC[C@]4(O2)C2CC=C(c5ccc6c(N)nccc6c5)C2(C)CCC4(Cl)C=C3CC1O. The molecule has 4 unspecified atom stereocenters. The summed E-state index contributed by atoms with van der Waals surface area (Å²) in [6.07, 6.45) is 12.6. The Hall–Kier alpha value is -1.92. The van der Waals surface area contributed by atoms with E-state index in [1.165, 1.54) is 16.7 Å². The minimum Gasteiger partial charge on any atom is -0.391 e. The Labute approximate surface area is 218 Å². The average molecular weight is 506 g/mol. The van der Waals surface area contributed by atoms with Crippen molar-refractivity contribution in [2.75, 3.05) is 19.8 Å². The number of ether oxygens (including phenoxy) is 1. The van der Waals surface area contributed by atoms with Crippen molar-refractivity contribution in [1.82, 2.24) is 9.88 Å². The Morgan fingerprint density at radius 3 is 2.81 bits per heavy atom. The summed E-state index contributed by atoms with van der Waals surface area (Å²) in [4.78, 5) is 5.90. The highest BCUT2D eigenvalue weighted by Crippen LogP contribution is 2.71. The Morgan fingerprint density at radius 2 is 2.00 bits per heavy atom. The van der Waals surface area contributed by atoms with Gasteiger partial charge in [0.15, 0.2) is 0 Å². The molecule has 1 aromatic heterocycles. The number of hydrogen-bond donors (Lipinski definition) is 2. The number of likely N-dealkylation sites (N-methyl/N-ethyl adjacent to an activating group) is 1. The van der Waals surface area contributed by atoms with Gasteiger partial charge in [0.25, 0.3) is 0 Å². The third-order valence-electron chi connectivity index (χ3n) is 10.7. The minimum atomic E-state index is -0.510. The molecule has 2 aliphatic heterocycles. The number of hydrogen-bond acceptors (Lipinski definition) is 5. The van der Waals surface area contributed by atoms with Crippen molar-refractivity contribution in [1.29, 1.82) is 0 Å². The van der Waals surface area contributed by atoms with Gasteiger partial charge in [0.2, 0.25) is 0 Å². The molecule has 3 fully saturated rings. The molecule has 6 heteroatoms. The van der Waals surface area contributed by atoms with Crippen LogP contribution in [0.15, 0.2) is 48.2 Å². The molecule has 3 N–H and O–H groups in total. The lowest BCUT2D eigenvalue weighted by Crippen LogP contribution is -2.66. The van der Waals surface area contributed by atoms with Crippen LogP contribution in [0.5, 0.6) is 0 Å². The van der Waals surface area contributed by atoms with Gasteiger partial charge in [-0.3, -0.25) is 0 Å². The van der Waals surface area contributed by atoms with E-state index in [2.05, 4.69) is 61.3 Å². The maximum atomic E-state index is 10.9. The van der Waals surface area contributed by atoms with E-state index in [1.54, 1.807) is 6.20 Å². The van der Waals surface area contributed by atoms with Gasteiger partial charge in [-0.15, -0.1) is 11.6 Å². The fraction of sp³-hybridized carbons (Fsp3) is 0.567. The van der Waals surface area contributed by atoms with E-state index >= 15 is 0 Å². The van der Waals surface area contributed by atoms with Crippen molar-refractivity contribution in [3.05, 3.63) is 53.8 Å². The van der Waals surface area contributed by atoms with Crippen molar-refractivity contribution in [2.24, 2.45) is 11.3 Å². The standard InChI is InChI=1S/C30H36ClN3O2/c1-27-9-11-29(31)16-20-15-24(35)23(34(2)3)17-28(20)10-12-30(29,36-28)25(27)7-6-22(27)19-4-5-21-18(14-19)8-13-33-26(21)32/h4-6,8,13-14,16,23-25,35H,7,9-12,15,17H2,1-3H3,(H2,32,33)/t23-,24?,25?,27?,28+,29?,30-/m0/s1. The van der Waals surface area contributed by atoms with Crippen molar-refractivity contribution in [3.8, 4) is 0 Å². The number of benzene rings is 1. The molecule has 3 heterocycles. The van der Waals surface area contributed by atoms with Gasteiger partial charge < -0.3 is 20.5 Å². The van der Waals surface area contributed by atoms with Gasteiger partial charge in [-0.2, -0.15) is 0 Å². The second kappa shape index (κ2) is 7.35. The van der Waals surface area contributed by atoms with Crippen LogP contribution in [0.4, 0.5) is 5.82 Å². The maximum Gasteiger partial charge on any atom is 0.131 e. The van der Waals surface area contributed by atoms with Crippen molar-refractivity contribution >= 4 is 33.8 Å². The molecular formula is C30H36ClN3O2. The zero-order valence-electron chi connectivity index (χ0n) is 21.4. The van der Waals surface area contributed by atoms with Gasteiger partial charge in [0.05, 0.1) is 22.2 Å². The van der Waals surface area contributed by atoms with E-state index in [1.807, 2.05) is 6.07 Å². The molecule has 1 aromatic carbocycles. The Morgan fingerprint density at radius 1 is 1.17 bits per heavy atom. The molecule has 2 saturated carbocycles. The number of anilines is 1. The second-order valence-corrected chi connectivity index (χ2v) is 13.2. The van der Waals surface area contributed by atoms with Gasteiger partial charge in [0.1, 0.15) is 5.82 Å². The van der Waals surface area contributed by atoms with Crippen molar-refractivity contribution in [2.45, 2.75) is 80.1 Å². The van der Waals surface area contributed by atoms with Crippen LogP contribution in [0.25, 0.3) is 16.3 Å². The molecule has 7 rings (SSSR count). The summed E-state index contributed by atoms with van der Waals surface area (Å²) in [6.45, 7) is 2.44. The molecule has 3 aliphatic carbocycles. The molecule has 1 saturated heterocycles. The lowest BCUT2D eigenvalue weighted by molar-refractivity contribution is -0.188. The summed E-state index contributed by atoms with van der Waals surface area (Å²) < 4.78 is 7.37. The van der Waals surface area contributed by atoms with E-state index < -0.39 is 4.87 Å². The first-order valence-corrected chi connectivity index (χ1v) is 13.8. The molecule has 2 aromatic rings. The number of nitrogen functional groups attached to an aromatic ring is 1. The number of fused-ring (bicyclic) bond motifs is 2. The van der Waals surface area contributed by atoms with E-state index in [9.17, 15) is 5.11 Å². The van der Waals surface area contributed by atoms with Gasteiger partial charge in [0, 0.05) is 23.5 Å². The molecule has 2 spiro atoms. The first kappa shape index (κ1) is 23.2. The normalized spacial score (nSPS) is 43.1.